The zero-order valence-electron chi connectivity index (χ0n) is 10.3. The van der Waals surface area contributed by atoms with Gasteiger partial charge in [0.2, 0.25) is 0 Å². The Morgan fingerprint density at radius 2 is 1.94 bits per heavy atom. The maximum absolute atomic E-state index is 11.9. The summed E-state index contributed by atoms with van der Waals surface area (Å²) < 4.78 is 4.86. The van der Waals surface area contributed by atoms with Gasteiger partial charge in [0.25, 0.3) is 5.91 Å². The van der Waals surface area contributed by atoms with E-state index < -0.39 is 17.9 Å². The van der Waals surface area contributed by atoms with Gasteiger partial charge in [-0.3, -0.25) is 4.79 Å². The lowest BCUT2D eigenvalue weighted by Gasteiger charge is -2.17. The van der Waals surface area contributed by atoms with Gasteiger partial charge in [0.05, 0.1) is 5.69 Å². The third-order valence-corrected chi connectivity index (χ3v) is 2.48. The van der Waals surface area contributed by atoms with Gasteiger partial charge in [0, 0.05) is 0 Å². The van der Waals surface area contributed by atoms with Crippen LogP contribution in [0.1, 0.15) is 35.7 Å². The van der Waals surface area contributed by atoms with Crippen molar-refractivity contribution in [1.29, 1.82) is 0 Å². The van der Waals surface area contributed by atoms with Gasteiger partial charge in [0.1, 0.15) is 17.4 Å². The Hall–Kier alpha value is -1.85. The number of rotatable bonds is 4. The summed E-state index contributed by atoms with van der Waals surface area (Å²) in [4.78, 5) is 22.9. The van der Waals surface area contributed by atoms with Crippen LogP contribution in [0, 0.1) is 19.8 Å². The second-order valence-electron chi connectivity index (χ2n) is 4.23. The first-order chi connectivity index (χ1) is 7.84. The van der Waals surface area contributed by atoms with Crippen LogP contribution in [0.2, 0.25) is 0 Å². The molecule has 0 aliphatic heterocycles. The molecule has 0 radical (unpaired) electrons. The van der Waals surface area contributed by atoms with Crippen molar-refractivity contribution >= 4 is 11.9 Å². The van der Waals surface area contributed by atoms with Crippen molar-refractivity contribution in [2.24, 2.45) is 5.92 Å². The Kier molecular flexibility index (Phi) is 3.88. The van der Waals surface area contributed by atoms with E-state index in [9.17, 15) is 9.59 Å². The molecule has 1 atom stereocenters. The van der Waals surface area contributed by atoms with Crippen LogP contribution in [0.3, 0.4) is 0 Å². The summed E-state index contributed by atoms with van der Waals surface area (Å²) in [5.74, 6) is -1.34. The zero-order valence-corrected chi connectivity index (χ0v) is 10.3. The van der Waals surface area contributed by atoms with Crippen LogP contribution in [0.5, 0.6) is 0 Å². The molecule has 0 unspecified atom stereocenters. The Balaban J connectivity index is 2.89. The van der Waals surface area contributed by atoms with E-state index in [1.807, 2.05) is 0 Å². The SMILES string of the molecule is Cc1noc(C)c1C(=O)N[C@@H](C(=O)O)C(C)C. The minimum Gasteiger partial charge on any atom is -0.480 e. The number of aliphatic carboxylic acids is 1. The number of aryl methyl sites for hydroxylation is 2. The molecule has 0 aromatic carbocycles. The molecule has 1 rings (SSSR count). The Morgan fingerprint density at radius 1 is 1.35 bits per heavy atom. The summed E-state index contributed by atoms with van der Waals surface area (Å²) in [6.07, 6.45) is 0. The van der Waals surface area contributed by atoms with E-state index in [-0.39, 0.29) is 5.92 Å². The summed E-state index contributed by atoms with van der Waals surface area (Å²) in [5.41, 5.74) is 0.754. The molecule has 0 spiro atoms. The number of carboxylic acid groups (broad SMARTS) is 1. The molecule has 1 aromatic rings. The van der Waals surface area contributed by atoms with Crippen LogP contribution in [0.25, 0.3) is 0 Å². The average Bonchev–Trinajstić information content (AvgIpc) is 2.53. The Labute approximate surface area is 99.0 Å². The summed E-state index contributed by atoms with van der Waals surface area (Å²) in [6.45, 7) is 6.70. The molecule has 0 aliphatic carbocycles. The minimum atomic E-state index is -1.06. The van der Waals surface area contributed by atoms with Gasteiger partial charge in [-0.15, -0.1) is 0 Å². The molecule has 0 aliphatic rings. The maximum atomic E-state index is 11.9. The molecular weight excluding hydrogens is 224 g/mol. The molecule has 2 N–H and O–H groups in total. The fraction of sp³-hybridized carbons (Fsp3) is 0.545. The number of carboxylic acids is 1. The van der Waals surface area contributed by atoms with Crippen molar-refractivity contribution in [3.8, 4) is 0 Å². The molecule has 0 saturated carbocycles. The lowest BCUT2D eigenvalue weighted by atomic mass is 10.0. The molecule has 6 nitrogen and oxygen atoms in total. The van der Waals surface area contributed by atoms with E-state index in [2.05, 4.69) is 10.5 Å². The predicted molar refractivity (Wildman–Crippen MR) is 59.7 cm³/mol. The summed E-state index contributed by atoms with van der Waals surface area (Å²) >= 11 is 0. The van der Waals surface area contributed by atoms with Crippen LogP contribution >= 0.6 is 0 Å². The van der Waals surface area contributed by atoms with E-state index in [1.165, 1.54) is 0 Å². The highest BCUT2D eigenvalue weighted by Gasteiger charge is 2.26. The average molecular weight is 240 g/mol. The number of nitrogens with one attached hydrogen (secondary N) is 1. The van der Waals surface area contributed by atoms with E-state index in [0.29, 0.717) is 17.0 Å². The summed E-state index contributed by atoms with van der Waals surface area (Å²) in [5, 5.41) is 15.1. The molecule has 6 heteroatoms. The largest absolute Gasteiger partial charge is 0.480 e. The van der Waals surface area contributed by atoms with E-state index >= 15 is 0 Å². The van der Waals surface area contributed by atoms with Crippen LogP contribution in [-0.2, 0) is 4.79 Å². The van der Waals surface area contributed by atoms with E-state index in [4.69, 9.17) is 9.63 Å². The van der Waals surface area contributed by atoms with Gasteiger partial charge >= 0.3 is 5.97 Å². The Morgan fingerprint density at radius 3 is 2.29 bits per heavy atom. The van der Waals surface area contributed by atoms with Gasteiger partial charge in [0.15, 0.2) is 0 Å². The lowest BCUT2D eigenvalue weighted by molar-refractivity contribution is -0.140. The van der Waals surface area contributed by atoms with Gasteiger partial charge in [-0.2, -0.15) is 0 Å². The standard InChI is InChI=1S/C11H16N2O4/c1-5(2)9(11(15)16)12-10(14)8-6(3)13-17-7(8)4/h5,9H,1-4H3,(H,12,14)(H,15,16)/t9-/m1/s1. The van der Waals surface area contributed by atoms with Crippen molar-refractivity contribution in [1.82, 2.24) is 10.5 Å². The molecule has 0 bridgehead atoms. The smallest absolute Gasteiger partial charge is 0.326 e. The molecule has 1 amide bonds. The first-order valence-electron chi connectivity index (χ1n) is 5.31. The van der Waals surface area contributed by atoms with Gasteiger partial charge in [-0.05, 0) is 19.8 Å². The molecule has 1 heterocycles. The number of hydrogen-bond acceptors (Lipinski definition) is 4. The number of carbonyl (C=O) groups excluding carboxylic acids is 1. The highest BCUT2D eigenvalue weighted by atomic mass is 16.5. The van der Waals surface area contributed by atoms with Crippen LogP contribution in [0.4, 0.5) is 0 Å². The minimum absolute atomic E-state index is 0.197. The molecular formula is C11H16N2O4. The quantitative estimate of drug-likeness (QED) is 0.823. The first kappa shape index (κ1) is 13.2. The fourth-order valence-electron chi connectivity index (χ4n) is 1.53. The van der Waals surface area contributed by atoms with Crippen molar-refractivity contribution < 1.29 is 19.2 Å². The third-order valence-electron chi connectivity index (χ3n) is 2.48. The monoisotopic (exact) mass is 240 g/mol. The molecule has 0 saturated heterocycles. The number of carbonyl (C=O) groups is 2. The number of hydrogen-bond donors (Lipinski definition) is 2. The van der Waals surface area contributed by atoms with Crippen LogP contribution in [0.15, 0.2) is 4.52 Å². The van der Waals surface area contributed by atoms with Crippen molar-refractivity contribution in [2.75, 3.05) is 0 Å². The number of amides is 1. The molecule has 17 heavy (non-hydrogen) atoms. The summed E-state index contributed by atoms with van der Waals surface area (Å²) in [7, 11) is 0. The van der Waals surface area contributed by atoms with E-state index in [1.54, 1.807) is 27.7 Å². The van der Waals surface area contributed by atoms with E-state index in [0.717, 1.165) is 0 Å². The second kappa shape index (κ2) is 4.99. The second-order valence-corrected chi connectivity index (χ2v) is 4.23. The van der Waals surface area contributed by atoms with Crippen LogP contribution in [-0.4, -0.2) is 28.2 Å². The summed E-state index contributed by atoms with van der Waals surface area (Å²) in [6, 6.07) is -0.920. The number of nitrogens with zero attached hydrogens (tertiary/aromatic N) is 1. The highest BCUT2D eigenvalue weighted by molar-refractivity contribution is 5.98. The normalized spacial score (nSPS) is 12.5. The first-order valence-corrected chi connectivity index (χ1v) is 5.31. The molecule has 0 fully saturated rings. The van der Waals surface area contributed by atoms with Gasteiger partial charge in [-0.1, -0.05) is 19.0 Å². The molecule has 94 valence electrons. The maximum Gasteiger partial charge on any atom is 0.326 e. The topological polar surface area (TPSA) is 92.4 Å². The van der Waals surface area contributed by atoms with Crippen molar-refractivity contribution in [3.05, 3.63) is 17.0 Å². The van der Waals surface area contributed by atoms with Gasteiger partial charge < -0.3 is 14.9 Å². The third kappa shape index (κ3) is 2.83. The lowest BCUT2D eigenvalue weighted by Crippen LogP contribution is -2.44. The highest BCUT2D eigenvalue weighted by Crippen LogP contribution is 2.13. The van der Waals surface area contributed by atoms with Gasteiger partial charge in [-0.25, -0.2) is 4.79 Å². The van der Waals surface area contributed by atoms with Crippen molar-refractivity contribution in [2.45, 2.75) is 33.7 Å². The molecule has 1 aromatic heterocycles. The fourth-order valence-corrected chi connectivity index (χ4v) is 1.53. The van der Waals surface area contributed by atoms with Crippen LogP contribution < -0.4 is 5.32 Å². The van der Waals surface area contributed by atoms with Crippen molar-refractivity contribution in [3.63, 3.8) is 0 Å². The Bertz CT molecular complexity index is 417. The number of aromatic nitrogens is 1. The predicted octanol–water partition coefficient (Wildman–Crippen LogP) is 1.13. The zero-order chi connectivity index (χ0) is 13.2.